The third-order valence-electron chi connectivity index (χ3n) is 6.98. The van der Waals surface area contributed by atoms with Crippen LogP contribution in [0.4, 0.5) is 5.69 Å². The molecule has 0 N–H and O–H groups in total. The summed E-state index contributed by atoms with van der Waals surface area (Å²) in [5.41, 5.74) is 2.88. The van der Waals surface area contributed by atoms with E-state index in [0.717, 1.165) is 47.9 Å². The summed E-state index contributed by atoms with van der Waals surface area (Å²) >= 11 is 0. The molecule has 5 nitrogen and oxygen atoms in total. The molecule has 1 spiro atoms. The lowest BCUT2D eigenvalue weighted by Gasteiger charge is -2.37. The molecule has 30 heavy (non-hydrogen) atoms. The van der Waals surface area contributed by atoms with Crippen LogP contribution in [0.3, 0.4) is 0 Å². The molecule has 6 heteroatoms. The van der Waals surface area contributed by atoms with Crippen molar-refractivity contribution in [1.82, 2.24) is 4.31 Å². The number of hydrogen-bond donors (Lipinski definition) is 0. The van der Waals surface area contributed by atoms with E-state index in [4.69, 9.17) is 9.47 Å². The Balaban J connectivity index is 1.55. The van der Waals surface area contributed by atoms with Crippen molar-refractivity contribution in [3.8, 4) is 0 Å². The maximum atomic E-state index is 14.0. The van der Waals surface area contributed by atoms with Gasteiger partial charge in [0.15, 0.2) is 0 Å². The zero-order chi connectivity index (χ0) is 21.1. The molecule has 0 amide bonds. The van der Waals surface area contributed by atoms with Crippen LogP contribution in [-0.4, -0.2) is 47.2 Å². The Kier molecular flexibility index (Phi) is 5.05. The van der Waals surface area contributed by atoms with Crippen LogP contribution in [0.2, 0.25) is 0 Å². The third-order valence-corrected chi connectivity index (χ3v) is 9.10. The van der Waals surface area contributed by atoms with Gasteiger partial charge in [0.25, 0.3) is 0 Å². The molecule has 1 saturated carbocycles. The van der Waals surface area contributed by atoms with Crippen molar-refractivity contribution in [3.63, 3.8) is 0 Å². The van der Waals surface area contributed by atoms with Crippen molar-refractivity contribution in [2.45, 2.75) is 50.2 Å². The highest BCUT2D eigenvalue weighted by Crippen LogP contribution is 2.52. The Morgan fingerprint density at radius 3 is 2.47 bits per heavy atom. The summed E-state index contributed by atoms with van der Waals surface area (Å²) in [4.78, 5) is 3.03. The van der Waals surface area contributed by atoms with E-state index in [0.29, 0.717) is 31.0 Å². The number of benzene rings is 1. The van der Waals surface area contributed by atoms with Crippen LogP contribution in [0.15, 0.2) is 35.4 Å². The van der Waals surface area contributed by atoms with Crippen LogP contribution >= 0.6 is 0 Å². The molecule has 3 atom stereocenters. The fourth-order valence-electron chi connectivity index (χ4n) is 5.31. The van der Waals surface area contributed by atoms with Crippen molar-refractivity contribution in [3.05, 3.63) is 36.0 Å². The molecule has 0 bridgehead atoms. The van der Waals surface area contributed by atoms with Gasteiger partial charge >= 0.3 is 0 Å². The lowest BCUT2D eigenvalue weighted by atomic mass is 9.94. The Hall–Kier alpha value is -1.34. The average molecular weight is 431 g/mol. The second kappa shape index (κ2) is 7.37. The maximum absolute atomic E-state index is 14.0. The van der Waals surface area contributed by atoms with E-state index in [1.807, 2.05) is 12.1 Å². The lowest BCUT2D eigenvalue weighted by molar-refractivity contribution is -0.248. The molecule has 164 valence electrons. The van der Waals surface area contributed by atoms with Gasteiger partial charge in [-0.15, -0.1) is 0 Å². The lowest BCUT2D eigenvalue weighted by Crippen LogP contribution is -2.42. The highest BCUT2D eigenvalue weighted by Gasteiger charge is 2.51. The van der Waals surface area contributed by atoms with E-state index < -0.39 is 15.5 Å². The molecule has 3 aliphatic heterocycles. The molecule has 2 saturated heterocycles. The summed E-state index contributed by atoms with van der Waals surface area (Å²) in [7, 11) is -2.58. The number of hydrogen-bond acceptors (Lipinski definition) is 4. The van der Waals surface area contributed by atoms with Crippen molar-refractivity contribution in [2.75, 3.05) is 37.7 Å². The first-order chi connectivity index (χ1) is 14.3. The van der Waals surface area contributed by atoms with Crippen molar-refractivity contribution >= 4 is 21.3 Å². The predicted molar refractivity (Wildman–Crippen MR) is 122 cm³/mol. The van der Waals surface area contributed by atoms with E-state index in [2.05, 4.69) is 41.6 Å². The van der Waals surface area contributed by atoms with Gasteiger partial charge in [-0.25, -0.2) is 8.51 Å². The Morgan fingerprint density at radius 1 is 1.17 bits per heavy atom. The summed E-state index contributed by atoms with van der Waals surface area (Å²) in [5, 5.41) is 0. The molecule has 3 fully saturated rings. The Morgan fingerprint density at radius 2 is 1.83 bits per heavy atom. The molecular weight excluding hydrogens is 396 g/mol. The molecule has 5 rings (SSSR count). The Bertz CT molecular complexity index is 937. The number of fused-ring (bicyclic) bond motifs is 2. The Labute approximate surface area is 181 Å². The third kappa shape index (κ3) is 3.32. The summed E-state index contributed by atoms with van der Waals surface area (Å²) in [6.07, 6.45) is 4.59. The van der Waals surface area contributed by atoms with Crippen LogP contribution in [0.1, 0.15) is 45.1 Å². The summed E-state index contributed by atoms with van der Waals surface area (Å²) in [5.74, 6) is 5.03. The van der Waals surface area contributed by atoms with Gasteiger partial charge in [0.1, 0.15) is 0 Å². The minimum Gasteiger partial charge on any atom is -0.341 e. The smallest absolute Gasteiger partial charge is 0.239 e. The second-order valence-electron chi connectivity index (χ2n) is 9.78. The number of piperidine rings is 1. The summed E-state index contributed by atoms with van der Waals surface area (Å²) in [6, 6.07) is 6.10. The van der Waals surface area contributed by atoms with Gasteiger partial charge in [-0.3, -0.25) is 0 Å². The minimum atomic E-state index is -2.58. The van der Waals surface area contributed by atoms with Gasteiger partial charge in [0.05, 0.1) is 34.3 Å². The van der Waals surface area contributed by atoms with E-state index in [9.17, 15) is 4.21 Å². The normalized spacial score (nSPS) is 31.0. The van der Waals surface area contributed by atoms with Gasteiger partial charge in [-0.2, -0.15) is 0 Å². The molecule has 3 heterocycles. The highest BCUT2D eigenvalue weighted by atomic mass is 32.2. The summed E-state index contributed by atoms with van der Waals surface area (Å²) < 4.78 is 28.6. The molecule has 3 unspecified atom stereocenters. The SMILES string of the molecule is C=C1N(CC2CC2)c2ccc(S(=C)(=O)N3CC(C)CC(C)C3)cc2C12OCCCO2. The zero-order valence-electron chi connectivity index (χ0n) is 18.3. The maximum Gasteiger partial charge on any atom is 0.239 e. The first-order valence-electron chi connectivity index (χ1n) is 11.3. The van der Waals surface area contributed by atoms with E-state index in [1.54, 1.807) is 0 Å². The minimum absolute atomic E-state index is 0.524. The number of rotatable bonds is 4. The van der Waals surface area contributed by atoms with Crippen molar-refractivity contribution in [1.29, 1.82) is 0 Å². The average Bonchev–Trinajstić information content (AvgIpc) is 3.52. The van der Waals surface area contributed by atoms with Crippen LogP contribution in [0, 0.1) is 17.8 Å². The molecule has 4 aliphatic rings. The standard InChI is InChI=1S/C24H34N2O3S/c1-17-12-18(2)15-25(14-17)30(4,27)21-8-9-23-22(13-21)24(28-10-5-11-29-24)19(3)26(23)16-20-6-7-20/h8-9,13,17-18,20H,3-7,10-12,14-16H2,1-2H3. The van der Waals surface area contributed by atoms with Crippen molar-refractivity contribution < 1.29 is 13.7 Å². The van der Waals surface area contributed by atoms with Gasteiger partial charge in [0, 0.05) is 30.1 Å². The van der Waals surface area contributed by atoms with Gasteiger partial charge in [-0.1, -0.05) is 20.4 Å². The number of ether oxygens (including phenoxy) is 2. The fourth-order valence-corrected chi connectivity index (χ4v) is 7.18. The van der Waals surface area contributed by atoms with Crippen LogP contribution in [0.5, 0.6) is 0 Å². The molecule has 0 radical (unpaired) electrons. The monoisotopic (exact) mass is 430 g/mol. The molecular formula is C24H34N2O3S. The molecule has 0 aromatic heterocycles. The van der Waals surface area contributed by atoms with Gasteiger partial charge < -0.3 is 14.4 Å². The number of anilines is 1. The van der Waals surface area contributed by atoms with Crippen LogP contribution < -0.4 is 4.90 Å². The van der Waals surface area contributed by atoms with E-state index in [-0.39, 0.29) is 0 Å². The first kappa shape index (κ1) is 20.6. The topological polar surface area (TPSA) is 42.0 Å². The van der Waals surface area contributed by atoms with Gasteiger partial charge in [0.2, 0.25) is 5.79 Å². The van der Waals surface area contributed by atoms with Crippen LogP contribution in [0.25, 0.3) is 0 Å². The second-order valence-corrected chi connectivity index (χ2v) is 12.0. The number of nitrogens with zero attached hydrogens (tertiary/aromatic N) is 2. The van der Waals surface area contributed by atoms with Gasteiger partial charge in [-0.05, 0) is 67.5 Å². The fraction of sp³-hybridized carbons (Fsp3) is 0.625. The largest absolute Gasteiger partial charge is 0.341 e. The van der Waals surface area contributed by atoms with Crippen LogP contribution in [-0.2, 0) is 25.0 Å². The molecule has 1 aromatic carbocycles. The quantitative estimate of drug-likeness (QED) is 0.678. The summed E-state index contributed by atoms with van der Waals surface area (Å²) in [6.45, 7) is 12.7. The van der Waals surface area contributed by atoms with E-state index in [1.165, 1.54) is 19.3 Å². The predicted octanol–water partition coefficient (Wildman–Crippen LogP) is 3.99. The van der Waals surface area contributed by atoms with Crippen molar-refractivity contribution in [2.24, 2.45) is 17.8 Å². The van der Waals surface area contributed by atoms with E-state index >= 15 is 0 Å². The zero-order valence-corrected chi connectivity index (χ0v) is 19.1. The molecule has 1 aromatic rings. The molecule has 1 aliphatic carbocycles. The first-order valence-corrected chi connectivity index (χ1v) is 13.0. The highest BCUT2D eigenvalue weighted by molar-refractivity contribution is 7.98.